The first-order chi connectivity index (χ1) is 12.6. The average molecular weight is 350 g/mol. The molecule has 0 aromatic heterocycles. The van der Waals surface area contributed by atoms with Crippen LogP contribution in [0, 0.1) is 0 Å². The number of methoxy groups -OCH3 is 2. The van der Waals surface area contributed by atoms with E-state index in [1.165, 1.54) is 32.4 Å². The van der Waals surface area contributed by atoms with E-state index >= 15 is 0 Å². The first-order valence-corrected chi connectivity index (χ1v) is 8.06. The maximum Gasteiger partial charge on any atom is 0.337 e. The number of carbonyl (C=O) groups excluding carboxylic acids is 2. The van der Waals surface area contributed by atoms with Crippen LogP contribution in [0.5, 0.6) is 11.5 Å². The second kappa shape index (κ2) is 7.70. The standard InChI is InChI=1S/C21H18O5/c1-24-19-12-16(21(23)25-2)10-11-18(19)26-20(22)13-15-8-5-7-14-6-3-4-9-17(14)15/h3-12H,13H2,1-2H3. The molecule has 0 unspecified atom stereocenters. The highest BCUT2D eigenvalue weighted by Crippen LogP contribution is 2.29. The molecular formula is C21H18O5. The number of hydrogen-bond donors (Lipinski definition) is 0. The molecule has 3 aromatic rings. The van der Waals surface area contributed by atoms with Crippen molar-refractivity contribution in [1.82, 2.24) is 0 Å². The molecule has 0 aliphatic heterocycles. The van der Waals surface area contributed by atoms with E-state index in [9.17, 15) is 9.59 Å². The Morgan fingerprint density at radius 3 is 2.42 bits per heavy atom. The number of fused-ring (bicyclic) bond motifs is 1. The molecular weight excluding hydrogens is 332 g/mol. The normalized spacial score (nSPS) is 10.4. The van der Waals surface area contributed by atoms with Crippen molar-refractivity contribution in [1.29, 1.82) is 0 Å². The smallest absolute Gasteiger partial charge is 0.337 e. The fourth-order valence-corrected chi connectivity index (χ4v) is 2.76. The predicted molar refractivity (Wildman–Crippen MR) is 97.6 cm³/mol. The highest BCUT2D eigenvalue weighted by atomic mass is 16.6. The number of ether oxygens (including phenoxy) is 3. The number of esters is 2. The van der Waals surface area contributed by atoms with Gasteiger partial charge in [-0.25, -0.2) is 4.79 Å². The van der Waals surface area contributed by atoms with E-state index in [-0.39, 0.29) is 12.2 Å². The van der Waals surface area contributed by atoms with Gasteiger partial charge in [0.1, 0.15) is 0 Å². The molecule has 0 aliphatic carbocycles. The fourth-order valence-electron chi connectivity index (χ4n) is 2.76. The minimum atomic E-state index is -0.489. The van der Waals surface area contributed by atoms with E-state index in [1.807, 2.05) is 42.5 Å². The van der Waals surface area contributed by atoms with Gasteiger partial charge in [0.2, 0.25) is 0 Å². The maximum atomic E-state index is 12.4. The third-order valence-electron chi connectivity index (χ3n) is 4.02. The van der Waals surface area contributed by atoms with Crippen LogP contribution in [0.1, 0.15) is 15.9 Å². The molecule has 132 valence electrons. The first-order valence-electron chi connectivity index (χ1n) is 8.06. The summed E-state index contributed by atoms with van der Waals surface area (Å²) in [6.07, 6.45) is 0.128. The quantitative estimate of drug-likeness (QED) is 0.518. The highest BCUT2D eigenvalue weighted by molar-refractivity contribution is 5.91. The molecule has 0 heterocycles. The highest BCUT2D eigenvalue weighted by Gasteiger charge is 2.15. The summed E-state index contributed by atoms with van der Waals surface area (Å²) in [7, 11) is 2.74. The molecule has 5 nitrogen and oxygen atoms in total. The minimum Gasteiger partial charge on any atom is -0.493 e. The van der Waals surface area contributed by atoms with E-state index in [0.29, 0.717) is 11.3 Å². The molecule has 0 fully saturated rings. The van der Waals surface area contributed by atoms with Gasteiger partial charge in [-0.2, -0.15) is 0 Å². The van der Waals surface area contributed by atoms with Crippen molar-refractivity contribution in [3.8, 4) is 11.5 Å². The summed E-state index contributed by atoms with van der Waals surface area (Å²) < 4.78 is 15.3. The Morgan fingerprint density at radius 2 is 1.65 bits per heavy atom. The zero-order valence-corrected chi connectivity index (χ0v) is 14.5. The monoisotopic (exact) mass is 350 g/mol. The fraction of sp³-hybridized carbons (Fsp3) is 0.143. The molecule has 0 spiro atoms. The van der Waals surface area contributed by atoms with Crippen LogP contribution < -0.4 is 9.47 Å². The van der Waals surface area contributed by atoms with Crippen LogP contribution >= 0.6 is 0 Å². The molecule has 3 aromatic carbocycles. The third-order valence-corrected chi connectivity index (χ3v) is 4.02. The molecule has 0 aliphatic rings. The predicted octanol–water partition coefficient (Wildman–Crippen LogP) is 3.78. The maximum absolute atomic E-state index is 12.4. The molecule has 5 heteroatoms. The molecule has 0 bridgehead atoms. The SMILES string of the molecule is COC(=O)c1ccc(OC(=O)Cc2cccc3ccccc23)c(OC)c1. The summed E-state index contributed by atoms with van der Waals surface area (Å²) in [5.74, 6) is -0.355. The Labute approximate surface area is 151 Å². The van der Waals surface area contributed by atoms with Crippen molar-refractivity contribution < 1.29 is 23.8 Å². The van der Waals surface area contributed by atoms with Crippen molar-refractivity contribution in [2.75, 3.05) is 14.2 Å². The first kappa shape index (κ1) is 17.5. The second-order valence-electron chi connectivity index (χ2n) is 5.65. The lowest BCUT2D eigenvalue weighted by Gasteiger charge is -2.11. The van der Waals surface area contributed by atoms with Gasteiger partial charge in [0.15, 0.2) is 11.5 Å². The minimum absolute atomic E-state index is 0.128. The van der Waals surface area contributed by atoms with Crippen LogP contribution in [0.2, 0.25) is 0 Å². The average Bonchev–Trinajstić information content (AvgIpc) is 2.68. The Bertz CT molecular complexity index is 956. The van der Waals surface area contributed by atoms with E-state index < -0.39 is 11.9 Å². The molecule has 0 saturated heterocycles. The Balaban J connectivity index is 1.80. The molecule has 0 N–H and O–H groups in total. The molecule has 3 rings (SSSR count). The van der Waals surface area contributed by atoms with Crippen LogP contribution in [0.3, 0.4) is 0 Å². The second-order valence-corrected chi connectivity index (χ2v) is 5.65. The Morgan fingerprint density at radius 1 is 0.885 bits per heavy atom. The molecule has 0 amide bonds. The summed E-state index contributed by atoms with van der Waals surface area (Å²) in [4.78, 5) is 24.0. The van der Waals surface area contributed by atoms with Gasteiger partial charge >= 0.3 is 11.9 Å². The van der Waals surface area contributed by atoms with Gasteiger partial charge in [-0.3, -0.25) is 4.79 Å². The molecule has 0 atom stereocenters. The third kappa shape index (κ3) is 3.67. The summed E-state index contributed by atoms with van der Waals surface area (Å²) in [5.41, 5.74) is 1.21. The van der Waals surface area contributed by atoms with E-state index in [4.69, 9.17) is 9.47 Å². The van der Waals surface area contributed by atoms with Crippen LogP contribution in [0.25, 0.3) is 10.8 Å². The molecule has 26 heavy (non-hydrogen) atoms. The number of rotatable bonds is 5. The molecule has 0 saturated carbocycles. The van der Waals surface area contributed by atoms with Gasteiger partial charge in [0.05, 0.1) is 26.2 Å². The molecule has 0 radical (unpaired) electrons. The lowest BCUT2D eigenvalue weighted by atomic mass is 10.0. The van der Waals surface area contributed by atoms with Gasteiger partial charge in [0.25, 0.3) is 0 Å². The summed E-state index contributed by atoms with van der Waals surface area (Å²) in [6.45, 7) is 0. The van der Waals surface area contributed by atoms with Gasteiger partial charge in [-0.15, -0.1) is 0 Å². The zero-order chi connectivity index (χ0) is 18.5. The summed E-state index contributed by atoms with van der Waals surface area (Å²) in [5, 5.41) is 2.08. The van der Waals surface area contributed by atoms with Crippen molar-refractivity contribution >= 4 is 22.7 Å². The summed E-state index contributed by atoms with van der Waals surface area (Å²) >= 11 is 0. The van der Waals surface area contributed by atoms with Crippen molar-refractivity contribution in [3.63, 3.8) is 0 Å². The Kier molecular flexibility index (Phi) is 5.17. The van der Waals surface area contributed by atoms with Gasteiger partial charge in [0, 0.05) is 0 Å². The lowest BCUT2D eigenvalue weighted by Crippen LogP contribution is -2.12. The topological polar surface area (TPSA) is 61.8 Å². The van der Waals surface area contributed by atoms with E-state index in [0.717, 1.165) is 16.3 Å². The lowest BCUT2D eigenvalue weighted by molar-refractivity contribution is -0.133. The van der Waals surface area contributed by atoms with Gasteiger partial charge in [-0.1, -0.05) is 42.5 Å². The Hall–Kier alpha value is -3.34. The van der Waals surface area contributed by atoms with E-state index in [1.54, 1.807) is 0 Å². The number of hydrogen-bond acceptors (Lipinski definition) is 5. The number of benzene rings is 3. The van der Waals surface area contributed by atoms with Crippen molar-refractivity contribution in [2.45, 2.75) is 6.42 Å². The van der Waals surface area contributed by atoms with Crippen molar-refractivity contribution in [2.24, 2.45) is 0 Å². The zero-order valence-electron chi connectivity index (χ0n) is 14.5. The van der Waals surface area contributed by atoms with Crippen molar-refractivity contribution in [3.05, 3.63) is 71.8 Å². The number of carbonyl (C=O) groups is 2. The van der Waals surface area contributed by atoms with Crippen LogP contribution in [0.15, 0.2) is 60.7 Å². The van der Waals surface area contributed by atoms with Gasteiger partial charge in [-0.05, 0) is 34.5 Å². The van der Waals surface area contributed by atoms with Crippen LogP contribution in [-0.4, -0.2) is 26.2 Å². The summed E-state index contributed by atoms with van der Waals surface area (Å²) in [6, 6.07) is 18.2. The van der Waals surface area contributed by atoms with E-state index in [2.05, 4.69) is 4.74 Å². The van der Waals surface area contributed by atoms with Crippen LogP contribution in [0.4, 0.5) is 0 Å². The van der Waals surface area contributed by atoms with Gasteiger partial charge < -0.3 is 14.2 Å². The largest absolute Gasteiger partial charge is 0.493 e. The van der Waals surface area contributed by atoms with Crippen LogP contribution in [-0.2, 0) is 16.0 Å².